The summed E-state index contributed by atoms with van der Waals surface area (Å²) in [5, 5.41) is 7.38. The van der Waals surface area contributed by atoms with Crippen molar-refractivity contribution >= 4 is 43.9 Å². The molecule has 1 heterocycles. The maximum absolute atomic E-state index is 6.90. The quantitative estimate of drug-likeness (QED) is 0.250. The number of imidazole rings is 1. The SMILES string of the molecule is Clc1c2ccccc2c(-c2nc(-c3ccccc3)c(-c3cccc4ccccc34)[nH]2)c2ccccc12. The molecule has 7 rings (SSSR count). The number of aromatic nitrogens is 2. The number of nitrogens with one attached hydrogen (secondary N) is 1. The number of halogens is 1. The number of aromatic amines is 1. The van der Waals surface area contributed by atoms with Crippen LogP contribution in [0.15, 0.2) is 121 Å². The lowest BCUT2D eigenvalue weighted by atomic mass is 9.96. The fourth-order valence-electron chi connectivity index (χ4n) is 5.27. The van der Waals surface area contributed by atoms with Gasteiger partial charge in [-0.05, 0) is 21.5 Å². The van der Waals surface area contributed by atoms with Gasteiger partial charge in [0.25, 0.3) is 0 Å². The van der Waals surface area contributed by atoms with E-state index in [0.717, 1.165) is 60.5 Å². The molecule has 0 saturated carbocycles. The maximum Gasteiger partial charge on any atom is 0.139 e. The first-order chi connectivity index (χ1) is 17.8. The molecule has 6 aromatic carbocycles. The third kappa shape index (κ3) is 3.23. The van der Waals surface area contributed by atoms with Gasteiger partial charge in [0.2, 0.25) is 0 Å². The predicted octanol–water partition coefficient (Wildman–Crippen LogP) is 9.52. The van der Waals surface area contributed by atoms with Crippen LogP contribution in [0.2, 0.25) is 5.02 Å². The van der Waals surface area contributed by atoms with Crippen molar-refractivity contribution in [2.75, 3.05) is 0 Å². The monoisotopic (exact) mass is 480 g/mol. The van der Waals surface area contributed by atoms with E-state index in [1.165, 1.54) is 10.8 Å². The first-order valence-corrected chi connectivity index (χ1v) is 12.4. The summed E-state index contributed by atoms with van der Waals surface area (Å²) in [7, 11) is 0. The van der Waals surface area contributed by atoms with E-state index in [-0.39, 0.29) is 0 Å². The summed E-state index contributed by atoms with van der Waals surface area (Å²) in [5.41, 5.74) is 5.22. The van der Waals surface area contributed by atoms with Gasteiger partial charge in [0.1, 0.15) is 5.82 Å². The molecule has 0 amide bonds. The molecule has 0 unspecified atom stereocenters. The highest BCUT2D eigenvalue weighted by Gasteiger charge is 2.21. The largest absolute Gasteiger partial charge is 0.337 e. The molecule has 0 radical (unpaired) electrons. The first kappa shape index (κ1) is 20.9. The van der Waals surface area contributed by atoms with E-state index in [4.69, 9.17) is 16.6 Å². The summed E-state index contributed by atoms with van der Waals surface area (Å²) >= 11 is 6.90. The Balaban J connectivity index is 1.60. The second kappa shape index (κ2) is 8.37. The molecule has 0 bridgehead atoms. The van der Waals surface area contributed by atoms with E-state index in [2.05, 4.69) is 108 Å². The van der Waals surface area contributed by atoms with Gasteiger partial charge >= 0.3 is 0 Å². The topological polar surface area (TPSA) is 28.7 Å². The van der Waals surface area contributed by atoms with Gasteiger partial charge in [-0.25, -0.2) is 4.98 Å². The Morgan fingerprint density at radius 1 is 0.528 bits per heavy atom. The third-order valence-electron chi connectivity index (χ3n) is 6.91. The number of hydrogen-bond acceptors (Lipinski definition) is 1. The minimum atomic E-state index is 0.772. The molecule has 170 valence electrons. The van der Waals surface area contributed by atoms with Crippen molar-refractivity contribution in [1.29, 1.82) is 0 Å². The van der Waals surface area contributed by atoms with Gasteiger partial charge in [-0.15, -0.1) is 0 Å². The molecule has 0 fully saturated rings. The Labute approximate surface area is 213 Å². The summed E-state index contributed by atoms with van der Waals surface area (Å²) in [5.74, 6) is 0.834. The smallest absolute Gasteiger partial charge is 0.139 e. The molecule has 0 atom stereocenters. The van der Waals surface area contributed by atoms with E-state index in [0.29, 0.717) is 0 Å². The lowest BCUT2D eigenvalue weighted by molar-refractivity contribution is 1.33. The summed E-state index contributed by atoms with van der Waals surface area (Å²) in [4.78, 5) is 9.02. The van der Waals surface area contributed by atoms with E-state index in [9.17, 15) is 0 Å². The highest BCUT2D eigenvalue weighted by Crippen LogP contribution is 2.43. The Hall–Kier alpha value is -4.40. The van der Waals surface area contributed by atoms with Crippen LogP contribution < -0.4 is 0 Å². The zero-order chi connectivity index (χ0) is 24.1. The average molecular weight is 481 g/mol. The van der Waals surface area contributed by atoms with Crippen molar-refractivity contribution in [3.63, 3.8) is 0 Å². The molecular formula is C33H21ClN2. The summed E-state index contributed by atoms with van der Waals surface area (Å²) < 4.78 is 0. The Morgan fingerprint density at radius 3 is 1.78 bits per heavy atom. The fraction of sp³-hybridized carbons (Fsp3) is 0. The maximum atomic E-state index is 6.90. The van der Waals surface area contributed by atoms with Crippen LogP contribution in [0.25, 0.3) is 66.2 Å². The molecule has 3 heteroatoms. The van der Waals surface area contributed by atoms with Crippen molar-refractivity contribution in [3.05, 3.63) is 126 Å². The Morgan fingerprint density at radius 2 is 1.08 bits per heavy atom. The zero-order valence-corrected chi connectivity index (χ0v) is 20.1. The lowest BCUT2D eigenvalue weighted by Crippen LogP contribution is -1.89. The van der Waals surface area contributed by atoms with Crippen molar-refractivity contribution < 1.29 is 0 Å². The van der Waals surface area contributed by atoms with Gasteiger partial charge in [0, 0.05) is 27.5 Å². The van der Waals surface area contributed by atoms with Crippen LogP contribution in [0.4, 0.5) is 0 Å². The van der Waals surface area contributed by atoms with Gasteiger partial charge in [0.15, 0.2) is 0 Å². The molecule has 1 N–H and O–H groups in total. The number of fused-ring (bicyclic) bond motifs is 3. The molecule has 2 nitrogen and oxygen atoms in total. The van der Waals surface area contributed by atoms with Crippen molar-refractivity contribution in [2.24, 2.45) is 0 Å². The van der Waals surface area contributed by atoms with E-state index in [1.807, 2.05) is 18.2 Å². The summed E-state index contributed by atoms with van der Waals surface area (Å²) in [6.45, 7) is 0. The normalized spacial score (nSPS) is 11.5. The van der Waals surface area contributed by atoms with Gasteiger partial charge in [-0.2, -0.15) is 0 Å². The van der Waals surface area contributed by atoms with Gasteiger partial charge in [-0.1, -0.05) is 133 Å². The number of benzene rings is 6. The molecule has 1 aromatic heterocycles. The van der Waals surface area contributed by atoms with Crippen LogP contribution in [0.3, 0.4) is 0 Å². The van der Waals surface area contributed by atoms with E-state index < -0.39 is 0 Å². The predicted molar refractivity (Wildman–Crippen MR) is 152 cm³/mol. The third-order valence-corrected chi connectivity index (χ3v) is 7.32. The summed E-state index contributed by atoms with van der Waals surface area (Å²) in [6.07, 6.45) is 0. The Kier molecular flexibility index (Phi) is 4.87. The molecule has 0 saturated heterocycles. The van der Waals surface area contributed by atoms with Crippen molar-refractivity contribution in [1.82, 2.24) is 9.97 Å². The van der Waals surface area contributed by atoms with Crippen LogP contribution in [-0.4, -0.2) is 9.97 Å². The van der Waals surface area contributed by atoms with Crippen LogP contribution in [-0.2, 0) is 0 Å². The average Bonchev–Trinajstić information content (AvgIpc) is 3.38. The standard InChI is InChI=1S/C33H21ClN2/c34-30-26-18-8-6-16-24(26)29(25-17-7-9-19-27(25)30)33-35-31(22-12-2-1-3-13-22)32(36-33)28-20-10-14-21-11-4-5-15-23(21)28/h1-20H,(H,35,36). The molecule has 0 aliphatic carbocycles. The van der Waals surface area contributed by atoms with Gasteiger partial charge in [-0.3, -0.25) is 0 Å². The van der Waals surface area contributed by atoms with Gasteiger partial charge < -0.3 is 4.98 Å². The highest BCUT2D eigenvalue weighted by atomic mass is 35.5. The van der Waals surface area contributed by atoms with Crippen LogP contribution >= 0.6 is 11.6 Å². The van der Waals surface area contributed by atoms with Crippen LogP contribution in [0, 0.1) is 0 Å². The van der Waals surface area contributed by atoms with Crippen LogP contribution in [0.5, 0.6) is 0 Å². The summed E-state index contributed by atoms with van der Waals surface area (Å²) in [6, 6.07) is 41.9. The molecular weight excluding hydrogens is 460 g/mol. The Bertz CT molecular complexity index is 1840. The van der Waals surface area contributed by atoms with Crippen LogP contribution in [0.1, 0.15) is 0 Å². The minimum absolute atomic E-state index is 0.772. The number of nitrogens with zero attached hydrogens (tertiary/aromatic N) is 1. The van der Waals surface area contributed by atoms with E-state index >= 15 is 0 Å². The molecule has 0 aliphatic heterocycles. The fourth-order valence-corrected chi connectivity index (χ4v) is 5.59. The molecule has 7 aromatic rings. The molecule has 36 heavy (non-hydrogen) atoms. The first-order valence-electron chi connectivity index (χ1n) is 12.0. The number of H-pyrrole nitrogens is 1. The zero-order valence-electron chi connectivity index (χ0n) is 19.4. The highest BCUT2D eigenvalue weighted by molar-refractivity contribution is 6.42. The molecule has 0 spiro atoms. The second-order valence-corrected chi connectivity index (χ2v) is 9.36. The molecule has 0 aliphatic rings. The second-order valence-electron chi connectivity index (χ2n) is 8.98. The van der Waals surface area contributed by atoms with Crippen molar-refractivity contribution in [3.8, 4) is 33.9 Å². The van der Waals surface area contributed by atoms with Gasteiger partial charge in [0.05, 0.1) is 16.4 Å². The minimum Gasteiger partial charge on any atom is -0.337 e. The van der Waals surface area contributed by atoms with E-state index in [1.54, 1.807) is 0 Å². The number of hydrogen-bond donors (Lipinski definition) is 1. The lowest BCUT2D eigenvalue weighted by Gasteiger charge is -2.12. The van der Waals surface area contributed by atoms with Crippen molar-refractivity contribution in [2.45, 2.75) is 0 Å². The number of rotatable bonds is 3.